The molecule has 0 saturated heterocycles. The SMILES string of the molecule is O=C(CSc1nnc2ccccn12)Nc1cc(Cl)ccc1Oc1ccccc1. The smallest absolute Gasteiger partial charge is 0.234 e. The first-order chi connectivity index (χ1) is 13.7. The predicted octanol–water partition coefficient (Wildman–Crippen LogP) is 4.91. The van der Waals surface area contributed by atoms with Crippen molar-refractivity contribution in [3.63, 3.8) is 0 Å². The molecule has 0 spiro atoms. The third kappa shape index (κ3) is 4.27. The van der Waals surface area contributed by atoms with Gasteiger partial charge in [0, 0.05) is 11.2 Å². The van der Waals surface area contributed by atoms with Gasteiger partial charge in [-0.2, -0.15) is 0 Å². The van der Waals surface area contributed by atoms with Crippen molar-refractivity contribution in [3.05, 3.63) is 77.9 Å². The fourth-order valence-corrected chi connectivity index (χ4v) is 3.44. The van der Waals surface area contributed by atoms with Gasteiger partial charge in [0.2, 0.25) is 5.91 Å². The van der Waals surface area contributed by atoms with Crippen LogP contribution in [0.2, 0.25) is 5.02 Å². The quantitative estimate of drug-likeness (QED) is 0.457. The number of carbonyl (C=O) groups excluding carboxylic acids is 1. The van der Waals surface area contributed by atoms with E-state index in [9.17, 15) is 4.79 Å². The molecular weight excluding hydrogens is 396 g/mol. The third-order valence-electron chi connectivity index (χ3n) is 3.80. The Balaban J connectivity index is 1.46. The van der Waals surface area contributed by atoms with E-state index in [1.165, 1.54) is 11.8 Å². The largest absolute Gasteiger partial charge is 0.455 e. The van der Waals surface area contributed by atoms with E-state index >= 15 is 0 Å². The Morgan fingerprint density at radius 3 is 2.75 bits per heavy atom. The van der Waals surface area contributed by atoms with Crippen molar-refractivity contribution in [2.24, 2.45) is 0 Å². The number of hydrogen-bond donors (Lipinski definition) is 1. The number of halogens is 1. The first kappa shape index (κ1) is 18.3. The zero-order valence-corrected chi connectivity index (χ0v) is 16.2. The van der Waals surface area contributed by atoms with Crippen LogP contribution in [-0.2, 0) is 4.79 Å². The predicted molar refractivity (Wildman–Crippen MR) is 110 cm³/mol. The molecule has 1 N–H and O–H groups in total. The van der Waals surface area contributed by atoms with Gasteiger partial charge in [-0.25, -0.2) is 0 Å². The van der Waals surface area contributed by atoms with E-state index in [4.69, 9.17) is 16.3 Å². The number of benzene rings is 2. The van der Waals surface area contributed by atoms with Crippen molar-refractivity contribution in [2.45, 2.75) is 5.16 Å². The number of nitrogens with zero attached hydrogens (tertiary/aromatic N) is 3. The Morgan fingerprint density at radius 2 is 1.89 bits per heavy atom. The number of nitrogens with one attached hydrogen (secondary N) is 1. The van der Waals surface area contributed by atoms with Crippen LogP contribution in [0.15, 0.2) is 78.1 Å². The van der Waals surface area contributed by atoms with E-state index in [0.29, 0.717) is 27.4 Å². The van der Waals surface area contributed by atoms with Gasteiger partial charge >= 0.3 is 0 Å². The molecule has 6 nitrogen and oxygen atoms in total. The summed E-state index contributed by atoms with van der Waals surface area (Å²) in [5.41, 5.74) is 1.24. The van der Waals surface area contributed by atoms with Crippen molar-refractivity contribution >= 4 is 40.6 Å². The van der Waals surface area contributed by atoms with Gasteiger partial charge in [-0.3, -0.25) is 9.20 Å². The van der Waals surface area contributed by atoms with Crippen molar-refractivity contribution < 1.29 is 9.53 Å². The average molecular weight is 411 g/mol. The van der Waals surface area contributed by atoms with Gasteiger partial charge in [-0.15, -0.1) is 10.2 Å². The Morgan fingerprint density at radius 1 is 1.07 bits per heavy atom. The second kappa shape index (κ2) is 8.33. The highest BCUT2D eigenvalue weighted by Gasteiger charge is 2.12. The maximum atomic E-state index is 12.5. The number of rotatable bonds is 6. The summed E-state index contributed by atoms with van der Waals surface area (Å²) in [6.45, 7) is 0. The number of pyridine rings is 1. The van der Waals surface area contributed by atoms with Crippen LogP contribution in [0.25, 0.3) is 5.65 Å². The Kier molecular flexibility index (Phi) is 5.45. The Hall–Kier alpha value is -3.03. The molecule has 0 radical (unpaired) electrons. The molecule has 2 aromatic carbocycles. The number of aromatic nitrogens is 3. The summed E-state index contributed by atoms with van der Waals surface area (Å²) in [5, 5.41) is 12.2. The molecule has 4 aromatic rings. The lowest BCUT2D eigenvalue weighted by Gasteiger charge is -2.12. The van der Waals surface area contributed by atoms with Gasteiger partial charge in [0.05, 0.1) is 11.4 Å². The van der Waals surface area contributed by atoms with Crippen LogP contribution in [0.1, 0.15) is 0 Å². The van der Waals surface area contributed by atoms with Crippen molar-refractivity contribution in [3.8, 4) is 11.5 Å². The normalized spacial score (nSPS) is 10.8. The van der Waals surface area contributed by atoms with E-state index in [0.717, 1.165) is 5.65 Å². The fourth-order valence-electron chi connectivity index (χ4n) is 2.54. The van der Waals surface area contributed by atoms with Gasteiger partial charge in [-0.1, -0.05) is 47.6 Å². The Labute approximate surface area is 170 Å². The first-order valence-electron chi connectivity index (χ1n) is 8.44. The van der Waals surface area contributed by atoms with E-state index < -0.39 is 0 Å². The molecule has 0 bridgehead atoms. The fraction of sp³-hybridized carbons (Fsp3) is 0.0500. The van der Waals surface area contributed by atoms with Crippen LogP contribution >= 0.6 is 23.4 Å². The van der Waals surface area contributed by atoms with Gasteiger partial charge in [0.15, 0.2) is 16.6 Å². The van der Waals surface area contributed by atoms with Gasteiger partial charge < -0.3 is 10.1 Å². The number of thioether (sulfide) groups is 1. The zero-order chi connectivity index (χ0) is 19.3. The second-order valence-corrected chi connectivity index (χ2v) is 7.18. The highest BCUT2D eigenvalue weighted by atomic mass is 35.5. The monoisotopic (exact) mass is 410 g/mol. The van der Waals surface area contributed by atoms with Gasteiger partial charge in [-0.05, 0) is 42.5 Å². The van der Waals surface area contributed by atoms with Gasteiger partial charge in [0.1, 0.15) is 5.75 Å². The number of hydrogen-bond acceptors (Lipinski definition) is 5. The van der Waals surface area contributed by atoms with E-state index in [2.05, 4.69) is 15.5 Å². The van der Waals surface area contributed by atoms with Crippen molar-refractivity contribution in [1.29, 1.82) is 0 Å². The maximum Gasteiger partial charge on any atom is 0.234 e. The first-order valence-corrected chi connectivity index (χ1v) is 9.80. The second-order valence-electron chi connectivity index (χ2n) is 5.80. The molecular formula is C20H15ClN4O2S. The van der Waals surface area contributed by atoms with E-state index in [1.807, 2.05) is 59.1 Å². The molecule has 28 heavy (non-hydrogen) atoms. The van der Waals surface area contributed by atoms with Crippen LogP contribution in [0, 0.1) is 0 Å². The average Bonchev–Trinajstić information content (AvgIpc) is 3.12. The molecule has 4 rings (SSSR count). The lowest BCUT2D eigenvalue weighted by molar-refractivity contribution is -0.113. The molecule has 8 heteroatoms. The minimum Gasteiger partial charge on any atom is -0.455 e. The number of para-hydroxylation sites is 1. The van der Waals surface area contributed by atoms with Crippen LogP contribution in [0.4, 0.5) is 5.69 Å². The topological polar surface area (TPSA) is 68.5 Å². The molecule has 0 saturated carbocycles. The minimum atomic E-state index is -0.196. The number of anilines is 1. The summed E-state index contributed by atoms with van der Waals surface area (Å²) < 4.78 is 7.70. The highest BCUT2D eigenvalue weighted by molar-refractivity contribution is 7.99. The van der Waals surface area contributed by atoms with E-state index in [-0.39, 0.29) is 11.7 Å². The van der Waals surface area contributed by atoms with E-state index in [1.54, 1.807) is 18.2 Å². The molecule has 0 atom stereocenters. The zero-order valence-electron chi connectivity index (χ0n) is 14.6. The van der Waals surface area contributed by atoms with Crippen molar-refractivity contribution in [2.75, 3.05) is 11.1 Å². The standard InChI is InChI=1S/C20H15ClN4O2S/c21-14-9-10-17(27-15-6-2-1-3-7-15)16(12-14)22-19(26)13-28-20-24-23-18-8-4-5-11-25(18)20/h1-12H,13H2,(H,22,26). The number of carbonyl (C=O) groups is 1. The molecule has 2 aromatic heterocycles. The number of fused-ring (bicyclic) bond motifs is 1. The summed E-state index contributed by atoms with van der Waals surface area (Å²) in [4.78, 5) is 12.5. The van der Waals surface area contributed by atoms with Crippen LogP contribution in [-0.4, -0.2) is 26.3 Å². The number of ether oxygens (including phenoxy) is 1. The molecule has 0 fully saturated rings. The lowest BCUT2D eigenvalue weighted by Crippen LogP contribution is -2.15. The minimum absolute atomic E-state index is 0.174. The Bertz CT molecular complexity index is 1120. The lowest BCUT2D eigenvalue weighted by atomic mass is 10.3. The van der Waals surface area contributed by atoms with Crippen molar-refractivity contribution in [1.82, 2.24) is 14.6 Å². The number of amides is 1. The summed E-state index contributed by atoms with van der Waals surface area (Å²) in [6, 6.07) is 20.1. The molecule has 0 aliphatic rings. The summed E-state index contributed by atoms with van der Waals surface area (Å²) in [5.74, 6) is 1.16. The van der Waals surface area contributed by atoms with Crippen LogP contribution in [0.5, 0.6) is 11.5 Å². The van der Waals surface area contributed by atoms with Crippen LogP contribution < -0.4 is 10.1 Å². The summed E-state index contributed by atoms with van der Waals surface area (Å²) in [7, 11) is 0. The summed E-state index contributed by atoms with van der Waals surface area (Å²) >= 11 is 7.39. The van der Waals surface area contributed by atoms with Crippen LogP contribution in [0.3, 0.4) is 0 Å². The summed E-state index contributed by atoms with van der Waals surface area (Å²) in [6.07, 6.45) is 1.86. The highest BCUT2D eigenvalue weighted by Crippen LogP contribution is 2.32. The molecule has 140 valence electrons. The third-order valence-corrected chi connectivity index (χ3v) is 4.98. The molecule has 0 aliphatic carbocycles. The molecule has 1 amide bonds. The molecule has 0 aliphatic heterocycles. The molecule has 0 unspecified atom stereocenters. The maximum absolute atomic E-state index is 12.5. The van der Waals surface area contributed by atoms with Gasteiger partial charge in [0.25, 0.3) is 0 Å². The molecule has 2 heterocycles.